The zero-order valence-electron chi connectivity index (χ0n) is 15.6. The van der Waals surface area contributed by atoms with Crippen LogP contribution in [0.4, 0.5) is 0 Å². The number of methoxy groups -OCH3 is 1. The van der Waals surface area contributed by atoms with Crippen LogP contribution in [-0.2, 0) is 17.7 Å². The van der Waals surface area contributed by atoms with Crippen molar-refractivity contribution in [1.29, 1.82) is 0 Å². The highest BCUT2D eigenvalue weighted by Crippen LogP contribution is 2.22. The molecular formula is C20H22N2O4S. The Kier molecular flexibility index (Phi) is 5.72. The molecule has 0 amide bonds. The van der Waals surface area contributed by atoms with Gasteiger partial charge in [-0.25, -0.2) is 9.78 Å². The third kappa shape index (κ3) is 3.94. The molecule has 0 saturated heterocycles. The Labute approximate surface area is 161 Å². The zero-order valence-corrected chi connectivity index (χ0v) is 16.4. The summed E-state index contributed by atoms with van der Waals surface area (Å²) < 4.78 is 6.70. The minimum Gasteiger partial charge on any atom is -0.478 e. The van der Waals surface area contributed by atoms with Gasteiger partial charge < -0.3 is 9.84 Å². The fourth-order valence-electron chi connectivity index (χ4n) is 2.96. The van der Waals surface area contributed by atoms with E-state index in [4.69, 9.17) is 4.74 Å². The number of carbonyl (C=O) groups is 1. The van der Waals surface area contributed by atoms with Crippen molar-refractivity contribution in [3.63, 3.8) is 0 Å². The first kappa shape index (κ1) is 19.3. The molecule has 0 aliphatic rings. The Morgan fingerprint density at radius 3 is 2.59 bits per heavy atom. The quantitative estimate of drug-likeness (QED) is 0.672. The SMILES string of the molecule is COCCc1nc2scc(C(=O)O)c2c(=O)n1Cc1ccc(C(C)C)cc1. The maximum absolute atomic E-state index is 13.1. The first-order valence-corrected chi connectivity index (χ1v) is 9.62. The van der Waals surface area contributed by atoms with Gasteiger partial charge in [-0.05, 0) is 17.0 Å². The number of hydrogen-bond donors (Lipinski definition) is 1. The normalized spacial score (nSPS) is 11.4. The van der Waals surface area contributed by atoms with Crippen LogP contribution in [0.5, 0.6) is 0 Å². The van der Waals surface area contributed by atoms with Gasteiger partial charge in [-0.3, -0.25) is 9.36 Å². The summed E-state index contributed by atoms with van der Waals surface area (Å²) in [5.41, 5.74) is 1.88. The highest BCUT2D eigenvalue weighted by Gasteiger charge is 2.19. The molecule has 0 aliphatic carbocycles. The van der Waals surface area contributed by atoms with Crippen molar-refractivity contribution in [2.24, 2.45) is 0 Å². The van der Waals surface area contributed by atoms with Gasteiger partial charge in [0.15, 0.2) is 0 Å². The maximum Gasteiger partial charge on any atom is 0.337 e. The molecule has 142 valence electrons. The molecule has 0 radical (unpaired) electrons. The Hall–Kier alpha value is -2.51. The van der Waals surface area contributed by atoms with Crippen LogP contribution in [0.3, 0.4) is 0 Å². The lowest BCUT2D eigenvalue weighted by molar-refractivity contribution is 0.0699. The fraction of sp³-hybridized carbons (Fsp3) is 0.350. The van der Waals surface area contributed by atoms with Crippen LogP contribution >= 0.6 is 11.3 Å². The number of aromatic nitrogens is 2. The smallest absolute Gasteiger partial charge is 0.337 e. The van der Waals surface area contributed by atoms with Gasteiger partial charge in [0.25, 0.3) is 5.56 Å². The van der Waals surface area contributed by atoms with Crippen molar-refractivity contribution >= 4 is 27.5 Å². The lowest BCUT2D eigenvalue weighted by Crippen LogP contribution is -2.27. The Bertz CT molecular complexity index is 1020. The number of ether oxygens (including phenoxy) is 1. The van der Waals surface area contributed by atoms with Gasteiger partial charge in [-0.15, -0.1) is 11.3 Å². The van der Waals surface area contributed by atoms with E-state index in [2.05, 4.69) is 31.0 Å². The van der Waals surface area contributed by atoms with Gasteiger partial charge >= 0.3 is 5.97 Å². The molecular weight excluding hydrogens is 364 g/mol. The van der Waals surface area contributed by atoms with Crippen molar-refractivity contribution in [2.75, 3.05) is 13.7 Å². The molecule has 27 heavy (non-hydrogen) atoms. The lowest BCUT2D eigenvalue weighted by atomic mass is 10.0. The molecule has 3 rings (SSSR count). The molecule has 0 aliphatic heterocycles. The van der Waals surface area contributed by atoms with Gasteiger partial charge in [0.2, 0.25) is 0 Å². The number of hydrogen-bond acceptors (Lipinski definition) is 5. The molecule has 6 nitrogen and oxygen atoms in total. The highest BCUT2D eigenvalue weighted by molar-refractivity contribution is 7.17. The Morgan fingerprint density at radius 1 is 1.30 bits per heavy atom. The fourth-order valence-corrected chi connectivity index (χ4v) is 3.88. The summed E-state index contributed by atoms with van der Waals surface area (Å²) in [4.78, 5) is 29.6. The summed E-state index contributed by atoms with van der Waals surface area (Å²) in [5, 5.41) is 11.0. The number of thiophene rings is 1. The Balaban J connectivity index is 2.10. The average Bonchev–Trinajstić information content (AvgIpc) is 3.07. The second kappa shape index (κ2) is 8.02. The largest absolute Gasteiger partial charge is 0.478 e. The summed E-state index contributed by atoms with van der Waals surface area (Å²) in [6.07, 6.45) is 0.478. The second-order valence-electron chi connectivity index (χ2n) is 6.69. The van der Waals surface area contributed by atoms with E-state index in [-0.39, 0.29) is 16.5 Å². The number of aromatic carboxylic acids is 1. The molecule has 0 fully saturated rings. The van der Waals surface area contributed by atoms with E-state index in [0.717, 1.165) is 5.56 Å². The topological polar surface area (TPSA) is 81.4 Å². The van der Waals surface area contributed by atoms with E-state index in [1.165, 1.54) is 22.3 Å². The summed E-state index contributed by atoms with van der Waals surface area (Å²) in [6, 6.07) is 8.10. The third-order valence-corrected chi connectivity index (χ3v) is 5.39. The Morgan fingerprint density at radius 2 is 2.00 bits per heavy atom. The number of benzene rings is 1. The molecule has 2 heterocycles. The summed E-state index contributed by atoms with van der Waals surface area (Å²) in [6.45, 7) is 5.03. The number of carboxylic acid groups (broad SMARTS) is 1. The summed E-state index contributed by atoms with van der Waals surface area (Å²) >= 11 is 1.18. The molecule has 0 spiro atoms. The lowest BCUT2D eigenvalue weighted by Gasteiger charge is -2.13. The van der Waals surface area contributed by atoms with E-state index < -0.39 is 5.97 Å². The molecule has 0 unspecified atom stereocenters. The molecule has 2 aromatic heterocycles. The van der Waals surface area contributed by atoms with Gasteiger partial charge in [0.1, 0.15) is 10.7 Å². The second-order valence-corrected chi connectivity index (χ2v) is 7.55. The molecule has 0 saturated carbocycles. The van der Waals surface area contributed by atoms with Crippen molar-refractivity contribution < 1.29 is 14.6 Å². The number of nitrogens with zero attached hydrogens (tertiary/aromatic N) is 2. The third-order valence-electron chi connectivity index (χ3n) is 4.52. The summed E-state index contributed by atoms with van der Waals surface area (Å²) in [7, 11) is 1.60. The molecule has 0 bridgehead atoms. The van der Waals surface area contributed by atoms with Gasteiger partial charge in [-0.2, -0.15) is 0 Å². The van der Waals surface area contributed by atoms with Crippen LogP contribution in [0.1, 0.15) is 47.1 Å². The van der Waals surface area contributed by atoms with Crippen LogP contribution in [0, 0.1) is 0 Å². The van der Waals surface area contributed by atoms with Crippen LogP contribution in [0.15, 0.2) is 34.4 Å². The van der Waals surface area contributed by atoms with E-state index >= 15 is 0 Å². The number of fused-ring (bicyclic) bond motifs is 1. The minimum absolute atomic E-state index is 0.00898. The van der Waals surface area contributed by atoms with Crippen LogP contribution in [0.2, 0.25) is 0 Å². The molecule has 7 heteroatoms. The zero-order chi connectivity index (χ0) is 19.6. The number of carboxylic acids is 1. The first-order valence-electron chi connectivity index (χ1n) is 8.74. The van der Waals surface area contributed by atoms with Crippen LogP contribution < -0.4 is 5.56 Å². The van der Waals surface area contributed by atoms with Crippen molar-refractivity contribution in [3.05, 3.63) is 62.5 Å². The van der Waals surface area contributed by atoms with Gasteiger partial charge in [-0.1, -0.05) is 38.1 Å². The molecule has 1 aromatic carbocycles. The van der Waals surface area contributed by atoms with Gasteiger partial charge in [0.05, 0.1) is 24.1 Å². The monoisotopic (exact) mass is 386 g/mol. The average molecular weight is 386 g/mol. The van der Waals surface area contributed by atoms with Crippen molar-refractivity contribution in [2.45, 2.75) is 32.7 Å². The predicted octanol–water partition coefficient (Wildman–Crippen LogP) is 3.52. The van der Waals surface area contributed by atoms with Crippen molar-refractivity contribution in [1.82, 2.24) is 9.55 Å². The van der Waals surface area contributed by atoms with Gasteiger partial charge in [0, 0.05) is 18.9 Å². The van der Waals surface area contributed by atoms with Crippen molar-refractivity contribution in [3.8, 4) is 0 Å². The van der Waals surface area contributed by atoms with E-state index in [1.54, 1.807) is 11.7 Å². The van der Waals surface area contributed by atoms with Crippen LogP contribution in [0.25, 0.3) is 10.2 Å². The predicted molar refractivity (Wildman–Crippen MR) is 106 cm³/mol. The van der Waals surface area contributed by atoms with Crippen LogP contribution in [-0.4, -0.2) is 34.3 Å². The summed E-state index contributed by atoms with van der Waals surface area (Å²) in [5.74, 6) is -0.0836. The number of rotatable bonds is 7. The maximum atomic E-state index is 13.1. The molecule has 0 atom stereocenters. The standard InChI is InChI=1S/C20H22N2O4S/c1-12(2)14-6-4-13(5-7-14)10-22-16(8-9-26-3)21-18-17(19(22)23)15(11-27-18)20(24)25/h4-7,11-12H,8-10H2,1-3H3,(H,24,25). The molecule has 1 N–H and O–H groups in total. The highest BCUT2D eigenvalue weighted by atomic mass is 32.1. The minimum atomic E-state index is -1.11. The molecule has 3 aromatic rings. The van der Waals surface area contributed by atoms with E-state index in [9.17, 15) is 14.7 Å². The van der Waals surface area contributed by atoms with E-state index in [1.807, 2.05) is 12.1 Å². The van der Waals surface area contributed by atoms with E-state index in [0.29, 0.717) is 36.1 Å². The first-order chi connectivity index (χ1) is 12.9.